The van der Waals surface area contributed by atoms with Crippen LogP contribution in [0.1, 0.15) is 24.9 Å². The van der Waals surface area contributed by atoms with Gasteiger partial charge in [-0.15, -0.1) is 11.3 Å². The number of carbonyl (C=O) groups excluding carboxylic acids is 1. The zero-order chi connectivity index (χ0) is 22.3. The number of benzene rings is 1. The zero-order valence-corrected chi connectivity index (χ0v) is 20.0. The second kappa shape index (κ2) is 11.0. The Labute approximate surface area is 198 Å². The average Bonchev–Trinajstić information content (AvgIpc) is 3.47. The molecule has 0 bridgehead atoms. The molecule has 170 valence electrons. The summed E-state index contributed by atoms with van der Waals surface area (Å²) in [7, 11) is 0. The van der Waals surface area contributed by atoms with Crippen LogP contribution in [0, 0.1) is 4.77 Å². The van der Waals surface area contributed by atoms with Crippen molar-refractivity contribution in [1.29, 1.82) is 0 Å². The maximum Gasteiger partial charge on any atom is 0.242 e. The van der Waals surface area contributed by atoms with Gasteiger partial charge in [0.15, 0.2) is 10.6 Å². The number of H-pyrrole nitrogens is 1. The van der Waals surface area contributed by atoms with Crippen molar-refractivity contribution >= 4 is 29.5 Å². The van der Waals surface area contributed by atoms with Crippen LogP contribution >= 0.6 is 23.6 Å². The third-order valence-electron chi connectivity index (χ3n) is 5.88. The molecule has 0 aliphatic carbocycles. The number of thiophene rings is 1. The molecule has 1 fully saturated rings. The first-order chi connectivity index (χ1) is 15.6. The quantitative estimate of drug-likeness (QED) is 0.370. The van der Waals surface area contributed by atoms with Crippen molar-refractivity contribution in [2.75, 3.05) is 39.3 Å². The minimum Gasteiger partial charge on any atom is -0.354 e. The van der Waals surface area contributed by atoms with Gasteiger partial charge in [-0.3, -0.25) is 19.4 Å². The number of nitrogens with one attached hydrogen (secondary N) is 2. The number of hydrogen-bond acceptors (Lipinski definition) is 6. The Hall–Kier alpha value is -2.33. The summed E-state index contributed by atoms with van der Waals surface area (Å²) in [5, 5.41) is 12.2. The second-order valence-electron chi connectivity index (χ2n) is 8.12. The van der Waals surface area contributed by atoms with E-state index in [2.05, 4.69) is 55.6 Å². The molecule has 32 heavy (non-hydrogen) atoms. The Morgan fingerprint density at radius 1 is 1.16 bits per heavy atom. The number of nitrogens with zero attached hydrogens (tertiary/aromatic N) is 4. The van der Waals surface area contributed by atoms with Crippen LogP contribution in [-0.2, 0) is 11.3 Å². The summed E-state index contributed by atoms with van der Waals surface area (Å²) in [5.41, 5.74) is 1.37. The van der Waals surface area contributed by atoms with Crippen molar-refractivity contribution in [3.05, 3.63) is 58.2 Å². The Kier molecular flexibility index (Phi) is 7.85. The van der Waals surface area contributed by atoms with Crippen LogP contribution in [-0.4, -0.2) is 69.7 Å². The van der Waals surface area contributed by atoms with Crippen LogP contribution in [0.15, 0.2) is 47.8 Å². The molecule has 3 aromatic rings. The predicted molar refractivity (Wildman–Crippen MR) is 131 cm³/mol. The van der Waals surface area contributed by atoms with E-state index in [0.29, 0.717) is 17.1 Å². The largest absolute Gasteiger partial charge is 0.354 e. The first kappa shape index (κ1) is 22.8. The maximum absolute atomic E-state index is 12.7. The van der Waals surface area contributed by atoms with Crippen LogP contribution in [0.3, 0.4) is 0 Å². The summed E-state index contributed by atoms with van der Waals surface area (Å²) >= 11 is 6.95. The van der Waals surface area contributed by atoms with Crippen molar-refractivity contribution in [1.82, 2.24) is 29.9 Å². The predicted octanol–water partition coefficient (Wildman–Crippen LogP) is 3.55. The molecule has 3 heterocycles. The summed E-state index contributed by atoms with van der Waals surface area (Å²) in [6, 6.07) is 14.2. The number of carbonyl (C=O) groups is 1. The van der Waals surface area contributed by atoms with Crippen LogP contribution in [0.2, 0.25) is 0 Å². The Morgan fingerprint density at radius 2 is 1.91 bits per heavy atom. The first-order valence-electron chi connectivity index (χ1n) is 11.1. The van der Waals surface area contributed by atoms with Crippen molar-refractivity contribution in [2.45, 2.75) is 25.9 Å². The molecule has 7 nitrogen and oxygen atoms in total. The van der Waals surface area contributed by atoms with E-state index in [1.807, 2.05) is 24.4 Å². The van der Waals surface area contributed by atoms with Crippen molar-refractivity contribution in [3.63, 3.8) is 0 Å². The van der Waals surface area contributed by atoms with E-state index >= 15 is 0 Å². The van der Waals surface area contributed by atoms with Crippen LogP contribution in [0.4, 0.5) is 0 Å². The molecule has 1 aliphatic heterocycles. The summed E-state index contributed by atoms with van der Waals surface area (Å²) in [5.74, 6) is 0.675. The lowest BCUT2D eigenvalue weighted by Crippen LogP contribution is -2.46. The highest BCUT2D eigenvalue weighted by Gasteiger charge is 2.21. The highest BCUT2D eigenvalue weighted by atomic mass is 32.1. The van der Waals surface area contributed by atoms with Gasteiger partial charge in [0.2, 0.25) is 5.91 Å². The van der Waals surface area contributed by atoms with Gasteiger partial charge in [0, 0.05) is 39.3 Å². The van der Waals surface area contributed by atoms with Gasteiger partial charge in [0.25, 0.3) is 0 Å². The lowest BCUT2D eigenvalue weighted by atomic mass is 10.2. The summed E-state index contributed by atoms with van der Waals surface area (Å²) in [6.45, 7) is 8.87. The van der Waals surface area contributed by atoms with E-state index in [0.717, 1.165) is 50.6 Å². The topological polar surface area (TPSA) is 69.2 Å². The number of amides is 1. The molecular weight excluding hydrogens is 440 g/mol. The molecule has 2 N–H and O–H groups in total. The average molecular weight is 471 g/mol. The van der Waals surface area contributed by atoms with Gasteiger partial charge < -0.3 is 10.2 Å². The molecule has 1 unspecified atom stereocenters. The molecule has 4 rings (SSSR count). The van der Waals surface area contributed by atoms with Gasteiger partial charge in [-0.25, -0.2) is 0 Å². The van der Waals surface area contributed by atoms with E-state index < -0.39 is 6.04 Å². The third-order valence-corrected chi connectivity index (χ3v) is 7.03. The van der Waals surface area contributed by atoms with Crippen molar-refractivity contribution in [2.24, 2.45) is 0 Å². The number of aromatic nitrogens is 3. The fourth-order valence-corrected chi connectivity index (χ4v) is 5.04. The summed E-state index contributed by atoms with van der Waals surface area (Å²) in [6.07, 6.45) is 0.936. The van der Waals surface area contributed by atoms with Gasteiger partial charge >= 0.3 is 0 Å². The van der Waals surface area contributed by atoms with Gasteiger partial charge in [0.05, 0.1) is 4.88 Å². The maximum atomic E-state index is 12.7. The van der Waals surface area contributed by atoms with E-state index in [4.69, 9.17) is 12.2 Å². The molecule has 0 spiro atoms. The normalized spacial score (nSPS) is 16.2. The van der Waals surface area contributed by atoms with E-state index in [1.165, 1.54) is 5.56 Å². The van der Waals surface area contributed by atoms with Gasteiger partial charge in [-0.05, 0) is 49.1 Å². The number of hydrogen-bond donors (Lipinski definition) is 2. The van der Waals surface area contributed by atoms with E-state index in [-0.39, 0.29) is 5.91 Å². The SMILES string of the molecule is CC(C(=O)NCCCN1CCN(Cc2ccccc2)CC1)n1c(-c2cccs2)n[nH]c1=S. The molecule has 2 aromatic heterocycles. The molecule has 0 saturated carbocycles. The van der Waals surface area contributed by atoms with Crippen molar-refractivity contribution < 1.29 is 4.79 Å². The van der Waals surface area contributed by atoms with Crippen LogP contribution < -0.4 is 5.32 Å². The van der Waals surface area contributed by atoms with Gasteiger partial charge in [-0.1, -0.05) is 36.4 Å². The second-order valence-corrected chi connectivity index (χ2v) is 9.46. The van der Waals surface area contributed by atoms with Crippen molar-refractivity contribution in [3.8, 4) is 10.7 Å². The number of aromatic amines is 1. The molecular formula is C23H30N6OS2. The highest BCUT2D eigenvalue weighted by Crippen LogP contribution is 2.25. The molecule has 1 aliphatic rings. The number of rotatable bonds is 9. The lowest BCUT2D eigenvalue weighted by Gasteiger charge is -2.34. The summed E-state index contributed by atoms with van der Waals surface area (Å²) in [4.78, 5) is 18.7. The van der Waals surface area contributed by atoms with Gasteiger partial charge in [-0.2, -0.15) is 5.10 Å². The standard InChI is InChI=1S/C23H30N6OS2/c1-18(29-21(25-26-23(29)31)20-9-5-16-32-20)22(30)24-10-6-11-27-12-14-28(15-13-27)17-19-7-3-2-4-8-19/h2-5,7-9,16,18H,6,10-15,17H2,1H3,(H,24,30)(H,26,31). The molecule has 1 saturated heterocycles. The fourth-order valence-electron chi connectivity index (χ4n) is 4.04. The third kappa shape index (κ3) is 5.72. The molecule has 9 heteroatoms. The Balaban J connectivity index is 1.19. The minimum atomic E-state index is -0.417. The lowest BCUT2D eigenvalue weighted by molar-refractivity contribution is -0.123. The van der Waals surface area contributed by atoms with Gasteiger partial charge in [0.1, 0.15) is 6.04 Å². The summed E-state index contributed by atoms with van der Waals surface area (Å²) < 4.78 is 2.26. The molecule has 1 aromatic carbocycles. The Bertz CT molecular complexity index is 1040. The minimum absolute atomic E-state index is 0.0343. The van der Waals surface area contributed by atoms with E-state index in [1.54, 1.807) is 15.9 Å². The zero-order valence-electron chi connectivity index (χ0n) is 18.4. The monoisotopic (exact) mass is 470 g/mol. The van der Waals surface area contributed by atoms with E-state index in [9.17, 15) is 4.79 Å². The fraction of sp³-hybridized carbons (Fsp3) is 0.435. The van der Waals surface area contributed by atoms with Crippen LogP contribution in [0.5, 0.6) is 0 Å². The number of piperazine rings is 1. The van der Waals surface area contributed by atoms with Crippen LogP contribution in [0.25, 0.3) is 10.7 Å². The smallest absolute Gasteiger partial charge is 0.242 e. The first-order valence-corrected chi connectivity index (χ1v) is 12.4. The molecule has 0 radical (unpaired) electrons. The highest BCUT2D eigenvalue weighted by molar-refractivity contribution is 7.71. The molecule has 1 amide bonds. The molecule has 1 atom stereocenters. The Morgan fingerprint density at radius 3 is 2.62 bits per heavy atom.